The van der Waals surface area contributed by atoms with Crippen molar-refractivity contribution in [1.29, 1.82) is 0 Å². The highest BCUT2D eigenvalue weighted by molar-refractivity contribution is 7.16. The monoisotopic (exact) mass is 479 g/mol. The number of ether oxygens (including phenoxy) is 2. The molecule has 1 N–H and O–H groups in total. The Morgan fingerprint density at radius 2 is 1.82 bits per heavy atom. The molecule has 0 aliphatic heterocycles. The Labute approximate surface area is 198 Å². The van der Waals surface area contributed by atoms with E-state index < -0.39 is 24.5 Å². The van der Waals surface area contributed by atoms with Crippen LogP contribution in [0.1, 0.15) is 36.9 Å². The van der Waals surface area contributed by atoms with E-state index in [2.05, 4.69) is 15.5 Å². The van der Waals surface area contributed by atoms with Crippen LogP contribution in [0.15, 0.2) is 40.9 Å². The summed E-state index contributed by atoms with van der Waals surface area (Å²) in [5, 5.41) is 7.30. The molecule has 4 aromatic rings. The fourth-order valence-corrected chi connectivity index (χ4v) is 4.51. The van der Waals surface area contributed by atoms with E-state index in [1.165, 1.54) is 18.4 Å². The molecule has 9 nitrogen and oxygen atoms in total. The maximum atomic E-state index is 13.0. The first-order chi connectivity index (χ1) is 16.3. The lowest BCUT2D eigenvalue weighted by molar-refractivity contribution is -0.119. The summed E-state index contributed by atoms with van der Waals surface area (Å²) in [5.74, 6) is -1.86. The van der Waals surface area contributed by atoms with E-state index in [4.69, 9.17) is 14.0 Å². The maximum Gasteiger partial charge on any atom is 0.341 e. The molecule has 0 radical (unpaired) electrons. The van der Waals surface area contributed by atoms with E-state index in [1.807, 2.05) is 37.3 Å². The molecule has 1 amide bonds. The van der Waals surface area contributed by atoms with Gasteiger partial charge in [0.05, 0.1) is 35.0 Å². The summed E-state index contributed by atoms with van der Waals surface area (Å²) in [7, 11) is 1.27. The van der Waals surface area contributed by atoms with E-state index in [9.17, 15) is 14.4 Å². The zero-order valence-electron chi connectivity index (χ0n) is 18.9. The molecule has 0 saturated carbocycles. The normalized spacial score (nSPS) is 10.8. The van der Waals surface area contributed by atoms with E-state index >= 15 is 0 Å². The minimum absolute atomic E-state index is 0.188. The second-order valence-electron chi connectivity index (χ2n) is 7.47. The van der Waals surface area contributed by atoms with Crippen LogP contribution in [-0.2, 0) is 14.3 Å². The van der Waals surface area contributed by atoms with Crippen LogP contribution in [0.25, 0.3) is 22.4 Å². The molecule has 34 heavy (non-hydrogen) atoms. The van der Waals surface area contributed by atoms with Crippen LogP contribution < -0.4 is 5.32 Å². The highest BCUT2D eigenvalue weighted by atomic mass is 32.1. The van der Waals surface area contributed by atoms with Gasteiger partial charge in [-0.25, -0.2) is 14.6 Å². The maximum absolute atomic E-state index is 13.0. The van der Waals surface area contributed by atoms with Gasteiger partial charge < -0.3 is 19.3 Å². The standard InChI is InChI=1S/C24H21N3O6S/c1-12-14(3)34-22(19(12)24(30)31-4)26-18(28)11-32-23(29)16-10-17(15-8-6-5-7-9-15)25-21-20(16)13(2)27-33-21/h5-10H,11H2,1-4H3,(H,26,28). The number of amides is 1. The van der Waals surface area contributed by atoms with Crippen molar-refractivity contribution in [3.8, 4) is 11.3 Å². The van der Waals surface area contributed by atoms with Gasteiger partial charge in [0, 0.05) is 10.4 Å². The quantitative estimate of drug-likeness (QED) is 0.403. The third-order valence-electron chi connectivity index (χ3n) is 5.27. The van der Waals surface area contributed by atoms with Crippen molar-refractivity contribution >= 4 is 45.3 Å². The molecule has 1 aromatic carbocycles. The van der Waals surface area contributed by atoms with Gasteiger partial charge in [-0.3, -0.25) is 4.79 Å². The molecule has 0 aliphatic rings. The van der Waals surface area contributed by atoms with Crippen molar-refractivity contribution in [2.75, 3.05) is 19.0 Å². The molecular formula is C24H21N3O6S. The number of rotatable bonds is 6. The van der Waals surface area contributed by atoms with Crippen molar-refractivity contribution in [1.82, 2.24) is 10.1 Å². The lowest BCUT2D eigenvalue weighted by atomic mass is 10.1. The summed E-state index contributed by atoms with van der Waals surface area (Å²) in [4.78, 5) is 42.9. The first-order valence-electron chi connectivity index (χ1n) is 10.3. The van der Waals surface area contributed by atoms with E-state index in [0.717, 1.165) is 16.0 Å². The molecule has 3 aromatic heterocycles. The number of aryl methyl sites for hydroxylation is 2. The number of anilines is 1. The number of aromatic nitrogens is 2. The number of methoxy groups -OCH3 is 1. The SMILES string of the molecule is COC(=O)c1c(NC(=O)COC(=O)c2cc(-c3ccccc3)nc3onc(C)c23)sc(C)c1C. The van der Waals surface area contributed by atoms with Crippen LogP contribution in [0.2, 0.25) is 0 Å². The van der Waals surface area contributed by atoms with Gasteiger partial charge in [0.1, 0.15) is 5.00 Å². The number of benzene rings is 1. The van der Waals surface area contributed by atoms with Crippen LogP contribution >= 0.6 is 11.3 Å². The average molecular weight is 480 g/mol. The smallest absolute Gasteiger partial charge is 0.341 e. The molecule has 0 spiro atoms. The molecule has 4 rings (SSSR count). The van der Waals surface area contributed by atoms with Crippen LogP contribution in [0, 0.1) is 20.8 Å². The summed E-state index contributed by atoms with van der Waals surface area (Å²) in [5.41, 5.74) is 3.16. The number of carbonyl (C=O) groups is 3. The molecule has 0 saturated heterocycles. The van der Waals surface area contributed by atoms with E-state index in [0.29, 0.717) is 21.8 Å². The van der Waals surface area contributed by atoms with Crippen molar-refractivity contribution in [2.45, 2.75) is 20.8 Å². The van der Waals surface area contributed by atoms with Crippen molar-refractivity contribution in [2.24, 2.45) is 0 Å². The number of hydrogen-bond donors (Lipinski definition) is 1. The third-order valence-corrected chi connectivity index (χ3v) is 6.39. The van der Waals surface area contributed by atoms with Gasteiger partial charge >= 0.3 is 11.9 Å². The molecule has 0 atom stereocenters. The number of pyridine rings is 1. The predicted octanol–water partition coefficient (Wildman–Crippen LogP) is 4.46. The summed E-state index contributed by atoms with van der Waals surface area (Å²) >= 11 is 1.25. The first kappa shape index (κ1) is 23.1. The molecule has 174 valence electrons. The summed E-state index contributed by atoms with van der Waals surface area (Å²) in [6.07, 6.45) is 0. The highest BCUT2D eigenvalue weighted by Gasteiger charge is 2.24. The third kappa shape index (κ3) is 4.40. The number of thiophene rings is 1. The summed E-state index contributed by atoms with van der Waals surface area (Å²) < 4.78 is 15.4. The molecule has 0 bridgehead atoms. The van der Waals surface area contributed by atoms with Gasteiger partial charge in [0.15, 0.2) is 6.61 Å². The number of nitrogens with one attached hydrogen (secondary N) is 1. The second-order valence-corrected chi connectivity index (χ2v) is 8.70. The number of fused-ring (bicyclic) bond motifs is 1. The van der Waals surface area contributed by atoms with E-state index in [-0.39, 0.29) is 16.8 Å². The van der Waals surface area contributed by atoms with Gasteiger partial charge in [0.2, 0.25) is 0 Å². The zero-order chi connectivity index (χ0) is 24.4. The van der Waals surface area contributed by atoms with Gasteiger partial charge in [-0.15, -0.1) is 11.3 Å². The van der Waals surface area contributed by atoms with Crippen molar-refractivity contribution in [3.05, 3.63) is 63.7 Å². The molecule has 0 aliphatic carbocycles. The lowest BCUT2D eigenvalue weighted by Crippen LogP contribution is -2.22. The van der Waals surface area contributed by atoms with E-state index in [1.54, 1.807) is 19.9 Å². The molecular weight excluding hydrogens is 458 g/mol. The van der Waals surface area contributed by atoms with Crippen LogP contribution in [-0.4, -0.2) is 41.7 Å². The summed E-state index contributed by atoms with van der Waals surface area (Å²) in [6, 6.07) is 10.9. The van der Waals surface area contributed by atoms with Crippen LogP contribution in [0.5, 0.6) is 0 Å². The number of esters is 2. The average Bonchev–Trinajstić information content (AvgIpc) is 3.35. The van der Waals surface area contributed by atoms with Gasteiger partial charge in [0.25, 0.3) is 11.6 Å². The largest absolute Gasteiger partial charge is 0.465 e. The number of carbonyl (C=O) groups excluding carboxylic acids is 3. The zero-order valence-corrected chi connectivity index (χ0v) is 19.7. The Hall–Kier alpha value is -4.05. The van der Waals surface area contributed by atoms with Gasteiger partial charge in [-0.2, -0.15) is 0 Å². The minimum atomic E-state index is -0.724. The summed E-state index contributed by atoms with van der Waals surface area (Å²) in [6.45, 7) is 4.75. The van der Waals surface area contributed by atoms with Gasteiger partial charge in [-0.05, 0) is 32.4 Å². The molecule has 0 unspecified atom stereocenters. The number of nitrogens with zero attached hydrogens (tertiary/aromatic N) is 2. The van der Waals surface area contributed by atoms with Crippen LogP contribution in [0.4, 0.5) is 5.00 Å². The topological polar surface area (TPSA) is 121 Å². The molecule has 3 heterocycles. The lowest BCUT2D eigenvalue weighted by Gasteiger charge is -2.09. The first-order valence-corrected chi connectivity index (χ1v) is 11.1. The molecule has 10 heteroatoms. The Bertz CT molecular complexity index is 1410. The Morgan fingerprint density at radius 3 is 2.53 bits per heavy atom. The Balaban J connectivity index is 1.55. The van der Waals surface area contributed by atoms with Crippen molar-refractivity contribution < 1.29 is 28.4 Å². The Morgan fingerprint density at radius 1 is 1.09 bits per heavy atom. The second kappa shape index (κ2) is 9.44. The fourth-order valence-electron chi connectivity index (χ4n) is 3.45. The van der Waals surface area contributed by atoms with Crippen molar-refractivity contribution in [3.63, 3.8) is 0 Å². The highest BCUT2D eigenvalue weighted by Crippen LogP contribution is 2.33. The predicted molar refractivity (Wildman–Crippen MR) is 126 cm³/mol. The molecule has 0 fully saturated rings. The van der Waals surface area contributed by atoms with Crippen LogP contribution in [0.3, 0.4) is 0 Å². The number of hydrogen-bond acceptors (Lipinski definition) is 9. The van der Waals surface area contributed by atoms with Gasteiger partial charge in [-0.1, -0.05) is 35.5 Å². The Kier molecular flexibility index (Phi) is 6.42. The fraction of sp³-hybridized carbons (Fsp3) is 0.208. The minimum Gasteiger partial charge on any atom is -0.465 e.